The molecule has 8 heteroatoms. The number of nitrogens with one attached hydrogen (secondary N) is 1. The molecule has 3 aromatic carbocycles. The molecular formula is C35H33N3O4S. The molecule has 0 fully saturated rings. The first-order chi connectivity index (χ1) is 20.8. The Morgan fingerprint density at radius 2 is 1.79 bits per heavy atom. The maximum atomic E-state index is 14.3. The molecule has 3 heterocycles. The van der Waals surface area contributed by atoms with Crippen molar-refractivity contribution in [3.8, 4) is 17.0 Å². The lowest BCUT2D eigenvalue weighted by molar-refractivity contribution is -0.139. The molecule has 0 aliphatic carbocycles. The molecule has 0 spiro atoms. The van der Waals surface area contributed by atoms with Crippen LogP contribution in [-0.4, -0.2) is 28.2 Å². The Morgan fingerprint density at radius 3 is 2.49 bits per heavy atom. The zero-order valence-electron chi connectivity index (χ0n) is 24.8. The predicted molar refractivity (Wildman–Crippen MR) is 171 cm³/mol. The Balaban J connectivity index is 1.58. The average Bonchev–Trinajstić information content (AvgIpc) is 3.51. The van der Waals surface area contributed by atoms with Crippen LogP contribution in [0.2, 0.25) is 0 Å². The number of carbonyl (C=O) groups is 1. The molecular weight excluding hydrogens is 558 g/mol. The Kier molecular flexibility index (Phi) is 7.62. The summed E-state index contributed by atoms with van der Waals surface area (Å²) in [6.07, 6.45) is 1.97. The number of allylic oxidation sites excluding steroid dienone is 1. The van der Waals surface area contributed by atoms with Crippen molar-refractivity contribution in [3.63, 3.8) is 0 Å². The topological polar surface area (TPSA) is 85.7 Å². The van der Waals surface area contributed by atoms with Gasteiger partial charge >= 0.3 is 5.97 Å². The number of thiazole rings is 1. The normalized spacial score (nSPS) is 15.1. The second-order valence-corrected chi connectivity index (χ2v) is 11.8. The van der Waals surface area contributed by atoms with Gasteiger partial charge in [-0.05, 0) is 69.5 Å². The van der Waals surface area contributed by atoms with E-state index in [9.17, 15) is 9.59 Å². The predicted octanol–water partition coefficient (Wildman–Crippen LogP) is 6.04. The number of H-pyrrole nitrogens is 1. The van der Waals surface area contributed by atoms with Gasteiger partial charge < -0.3 is 14.5 Å². The van der Waals surface area contributed by atoms with E-state index in [4.69, 9.17) is 14.5 Å². The van der Waals surface area contributed by atoms with Crippen LogP contribution in [-0.2, 0) is 9.53 Å². The van der Waals surface area contributed by atoms with E-state index in [0.29, 0.717) is 26.4 Å². The number of aryl methyl sites for hydroxylation is 1. The number of nitrogens with zero attached hydrogens (tertiary/aromatic N) is 2. The smallest absolute Gasteiger partial charge is 0.338 e. The monoisotopic (exact) mass is 591 g/mol. The molecule has 0 amide bonds. The summed E-state index contributed by atoms with van der Waals surface area (Å²) in [7, 11) is 0. The summed E-state index contributed by atoms with van der Waals surface area (Å²) in [6.45, 7) is 9.79. The highest BCUT2D eigenvalue weighted by molar-refractivity contribution is 7.07. The molecule has 1 atom stereocenters. The van der Waals surface area contributed by atoms with Crippen molar-refractivity contribution in [2.24, 2.45) is 4.99 Å². The molecule has 218 valence electrons. The van der Waals surface area contributed by atoms with Gasteiger partial charge in [0, 0.05) is 16.5 Å². The Bertz CT molecular complexity index is 2050. The first-order valence-electron chi connectivity index (χ1n) is 14.4. The fraction of sp³-hybridized carbons (Fsp3) is 0.229. The molecule has 1 aliphatic heterocycles. The number of aromatic amines is 1. The van der Waals surface area contributed by atoms with Crippen molar-refractivity contribution >= 4 is 34.3 Å². The fourth-order valence-electron chi connectivity index (χ4n) is 5.61. The van der Waals surface area contributed by atoms with E-state index in [1.165, 1.54) is 11.3 Å². The van der Waals surface area contributed by atoms with Crippen LogP contribution in [0.25, 0.3) is 28.2 Å². The molecule has 2 aromatic heterocycles. The summed E-state index contributed by atoms with van der Waals surface area (Å²) in [4.78, 5) is 36.5. The molecule has 1 N–H and O–H groups in total. The number of esters is 1. The third-order valence-corrected chi connectivity index (χ3v) is 8.49. The summed E-state index contributed by atoms with van der Waals surface area (Å²) in [5, 5.41) is 1.03. The van der Waals surface area contributed by atoms with Gasteiger partial charge in [-0.15, -0.1) is 0 Å². The summed E-state index contributed by atoms with van der Waals surface area (Å²) in [5.41, 5.74) is 6.49. The second kappa shape index (κ2) is 11.5. The van der Waals surface area contributed by atoms with Crippen LogP contribution in [0.15, 0.2) is 93.9 Å². The van der Waals surface area contributed by atoms with Gasteiger partial charge in [0.15, 0.2) is 4.80 Å². The highest BCUT2D eigenvalue weighted by Crippen LogP contribution is 2.34. The third kappa shape index (κ3) is 5.23. The molecule has 0 saturated carbocycles. The Labute approximate surface area is 253 Å². The van der Waals surface area contributed by atoms with E-state index in [1.54, 1.807) is 18.4 Å². The number of rotatable bonds is 7. The van der Waals surface area contributed by atoms with Crippen LogP contribution in [0.1, 0.15) is 50.4 Å². The van der Waals surface area contributed by atoms with Crippen LogP contribution in [0.3, 0.4) is 0 Å². The van der Waals surface area contributed by atoms with Crippen LogP contribution in [0.4, 0.5) is 0 Å². The minimum absolute atomic E-state index is 0.0230. The SMILES string of the molecule is CCOC(=O)C1=C(C)N=c2s/c(=C\c3c(-c4ccccc4)[nH]c4c(C)cccc34)c(=O)n2[C@H]1c1ccc(OC(C)C)cc1. The minimum Gasteiger partial charge on any atom is -0.491 e. The lowest BCUT2D eigenvalue weighted by atomic mass is 9.96. The van der Waals surface area contributed by atoms with Crippen LogP contribution in [0, 0.1) is 6.92 Å². The van der Waals surface area contributed by atoms with E-state index in [1.807, 2.05) is 68.5 Å². The number of carbonyl (C=O) groups excluding carboxylic acids is 1. The number of para-hydroxylation sites is 1. The van der Waals surface area contributed by atoms with Gasteiger partial charge in [-0.25, -0.2) is 9.79 Å². The average molecular weight is 592 g/mol. The van der Waals surface area contributed by atoms with Gasteiger partial charge in [-0.3, -0.25) is 9.36 Å². The maximum Gasteiger partial charge on any atom is 0.338 e. The Hall–Kier alpha value is -4.69. The van der Waals surface area contributed by atoms with Crippen molar-refractivity contribution in [2.45, 2.75) is 46.8 Å². The number of benzene rings is 3. The molecule has 0 unspecified atom stereocenters. The minimum atomic E-state index is -0.690. The van der Waals surface area contributed by atoms with E-state index in [2.05, 4.69) is 36.2 Å². The van der Waals surface area contributed by atoms with E-state index < -0.39 is 12.0 Å². The van der Waals surface area contributed by atoms with E-state index in [-0.39, 0.29) is 18.3 Å². The van der Waals surface area contributed by atoms with Gasteiger partial charge in [0.25, 0.3) is 5.56 Å². The van der Waals surface area contributed by atoms with Gasteiger partial charge in [0.1, 0.15) is 5.75 Å². The van der Waals surface area contributed by atoms with Crippen LogP contribution < -0.4 is 19.6 Å². The van der Waals surface area contributed by atoms with E-state index in [0.717, 1.165) is 38.9 Å². The number of ether oxygens (including phenoxy) is 2. The summed E-state index contributed by atoms with van der Waals surface area (Å²) in [5.74, 6) is 0.233. The molecule has 7 nitrogen and oxygen atoms in total. The lowest BCUT2D eigenvalue weighted by Crippen LogP contribution is -2.39. The zero-order chi connectivity index (χ0) is 30.2. The van der Waals surface area contributed by atoms with Gasteiger partial charge in [-0.2, -0.15) is 0 Å². The third-order valence-electron chi connectivity index (χ3n) is 7.50. The quantitative estimate of drug-likeness (QED) is 0.234. The maximum absolute atomic E-state index is 14.3. The van der Waals surface area contributed by atoms with Crippen molar-refractivity contribution in [1.29, 1.82) is 0 Å². The van der Waals surface area contributed by atoms with Crippen molar-refractivity contribution in [2.75, 3.05) is 6.61 Å². The largest absolute Gasteiger partial charge is 0.491 e. The van der Waals surface area contributed by atoms with Crippen molar-refractivity contribution in [1.82, 2.24) is 9.55 Å². The first-order valence-corrected chi connectivity index (χ1v) is 15.2. The van der Waals surface area contributed by atoms with Gasteiger partial charge in [0.05, 0.1) is 40.2 Å². The molecule has 5 aromatic rings. The standard InChI is InChI=1S/C35H33N3O4S/c1-6-41-34(40)29-22(5)36-35-38(32(29)24-15-17-25(18-16-24)42-20(2)3)33(39)28(43-35)19-27-26-14-10-11-21(4)30(26)37-31(27)23-12-8-7-9-13-23/h7-20,32,37H,6H2,1-5H3/b28-19-/t32-/m0/s1. The van der Waals surface area contributed by atoms with Gasteiger partial charge in [0.2, 0.25) is 0 Å². The number of hydrogen-bond donors (Lipinski definition) is 1. The lowest BCUT2D eigenvalue weighted by Gasteiger charge is -2.25. The molecule has 1 aliphatic rings. The van der Waals surface area contributed by atoms with Gasteiger partial charge in [-0.1, -0.05) is 72.0 Å². The highest BCUT2D eigenvalue weighted by atomic mass is 32.1. The summed E-state index contributed by atoms with van der Waals surface area (Å²) < 4.78 is 13.4. The van der Waals surface area contributed by atoms with Crippen LogP contribution >= 0.6 is 11.3 Å². The fourth-order valence-corrected chi connectivity index (χ4v) is 6.63. The Morgan fingerprint density at radius 1 is 1.05 bits per heavy atom. The summed E-state index contributed by atoms with van der Waals surface area (Å²) in [6, 6.07) is 23.1. The molecule has 6 rings (SSSR count). The van der Waals surface area contributed by atoms with E-state index >= 15 is 0 Å². The molecule has 0 radical (unpaired) electrons. The van der Waals surface area contributed by atoms with Crippen molar-refractivity contribution in [3.05, 3.63) is 120 Å². The van der Waals surface area contributed by atoms with Crippen LogP contribution in [0.5, 0.6) is 5.75 Å². The zero-order valence-corrected chi connectivity index (χ0v) is 25.6. The molecule has 43 heavy (non-hydrogen) atoms. The summed E-state index contributed by atoms with van der Waals surface area (Å²) >= 11 is 1.32. The van der Waals surface area contributed by atoms with Crippen molar-refractivity contribution < 1.29 is 14.3 Å². The number of aromatic nitrogens is 2. The second-order valence-electron chi connectivity index (χ2n) is 10.8. The number of fused-ring (bicyclic) bond motifs is 2. The highest BCUT2D eigenvalue weighted by Gasteiger charge is 2.33. The first kappa shape index (κ1) is 28.4. The number of hydrogen-bond acceptors (Lipinski definition) is 6. The molecule has 0 bridgehead atoms. The molecule has 0 saturated heterocycles.